The van der Waals surface area contributed by atoms with Crippen molar-refractivity contribution in [3.63, 3.8) is 0 Å². The van der Waals surface area contributed by atoms with Crippen LogP contribution in [0.3, 0.4) is 0 Å². The van der Waals surface area contributed by atoms with Crippen molar-refractivity contribution in [3.05, 3.63) is 64.4 Å². The van der Waals surface area contributed by atoms with E-state index in [-0.39, 0.29) is 5.56 Å². The van der Waals surface area contributed by atoms with Crippen molar-refractivity contribution in [3.8, 4) is 5.69 Å². The summed E-state index contributed by atoms with van der Waals surface area (Å²) in [6, 6.07) is 3.97. The van der Waals surface area contributed by atoms with Gasteiger partial charge in [0.1, 0.15) is 5.82 Å². The van der Waals surface area contributed by atoms with Crippen molar-refractivity contribution >= 4 is 0 Å². The zero-order chi connectivity index (χ0) is 16.5. The molecular formula is C18H21N5O. The first kappa shape index (κ1) is 14.9. The van der Waals surface area contributed by atoms with Gasteiger partial charge < -0.3 is 4.57 Å². The topological polar surface area (TPSA) is 57.6 Å². The van der Waals surface area contributed by atoms with Crippen LogP contribution in [0, 0.1) is 6.92 Å². The molecule has 6 nitrogen and oxygen atoms in total. The molecule has 124 valence electrons. The summed E-state index contributed by atoms with van der Waals surface area (Å²) in [6.07, 6.45) is 11.6. The Morgan fingerprint density at radius 2 is 2.04 bits per heavy atom. The smallest absolute Gasteiger partial charge is 0.257 e. The molecule has 3 aromatic rings. The first-order chi connectivity index (χ1) is 11.7. The number of fused-ring (bicyclic) bond motifs is 1. The molecule has 0 spiro atoms. The molecule has 6 heteroatoms. The minimum Gasteiger partial charge on any atom is -0.321 e. The highest BCUT2D eigenvalue weighted by atomic mass is 16.1. The maximum absolute atomic E-state index is 12.7. The lowest BCUT2D eigenvalue weighted by Gasteiger charge is -2.19. The highest BCUT2D eigenvalue weighted by Gasteiger charge is 2.16. The van der Waals surface area contributed by atoms with Gasteiger partial charge in [-0.25, -0.2) is 4.98 Å². The molecule has 0 saturated carbocycles. The molecule has 4 rings (SSSR count). The van der Waals surface area contributed by atoms with Crippen LogP contribution in [0.2, 0.25) is 0 Å². The number of aromatic nitrogens is 5. The highest BCUT2D eigenvalue weighted by molar-refractivity contribution is 5.26. The summed E-state index contributed by atoms with van der Waals surface area (Å²) in [5.41, 5.74) is 2.84. The second kappa shape index (κ2) is 6.11. The Balaban J connectivity index is 1.55. The lowest BCUT2D eigenvalue weighted by molar-refractivity contribution is 0.486. The molecule has 0 atom stereocenters. The fourth-order valence-corrected chi connectivity index (χ4v) is 3.36. The SMILES string of the molecule is Cc1nc2n(c(=O)c1CCn1cc(-n3cccc3)cn1)CCCC2. The van der Waals surface area contributed by atoms with Gasteiger partial charge in [-0.15, -0.1) is 0 Å². The third-order valence-corrected chi connectivity index (χ3v) is 4.69. The van der Waals surface area contributed by atoms with Crippen LogP contribution >= 0.6 is 0 Å². The first-order valence-corrected chi connectivity index (χ1v) is 8.47. The second-order valence-corrected chi connectivity index (χ2v) is 6.31. The van der Waals surface area contributed by atoms with Gasteiger partial charge >= 0.3 is 0 Å². The maximum atomic E-state index is 12.7. The molecule has 0 aliphatic carbocycles. The predicted octanol–water partition coefficient (Wildman–Crippen LogP) is 2.12. The van der Waals surface area contributed by atoms with Gasteiger partial charge in [-0.3, -0.25) is 14.0 Å². The molecule has 24 heavy (non-hydrogen) atoms. The molecule has 0 bridgehead atoms. The van der Waals surface area contributed by atoms with Crippen LogP contribution in [0.15, 0.2) is 41.7 Å². The summed E-state index contributed by atoms with van der Waals surface area (Å²) in [4.78, 5) is 17.4. The third-order valence-electron chi connectivity index (χ3n) is 4.69. The van der Waals surface area contributed by atoms with Gasteiger partial charge in [-0.1, -0.05) is 0 Å². The Kier molecular flexibility index (Phi) is 3.80. The molecule has 0 amide bonds. The molecule has 0 radical (unpaired) electrons. The number of aryl methyl sites for hydroxylation is 3. The lowest BCUT2D eigenvalue weighted by atomic mass is 10.1. The van der Waals surface area contributed by atoms with Crippen LogP contribution in [-0.2, 0) is 25.9 Å². The third kappa shape index (κ3) is 2.68. The van der Waals surface area contributed by atoms with Gasteiger partial charge in [0.15, 0.2) is 0 Å². The molecule has 0 aromatic carbocycles. The van der Waals surface area contributed by atoms with Gasteiger partial charge in [-0.2, -0.15) is 5.10 Å². The van der Waals surface area contributed by atoms with E-state index < -0.39 is 0 Å². The monoisotopic (exact) mass is 323 g/mol. The zero-order valence-corrected chi connectivity index (χ0v) is 13.9. The van der Waals surface area contributed by atoms with Gasteiger partial charge in [0.25, 0.3) is 5.56 Å². The number of hydrogen-bond acceptors (Lipinski definition) is 3. The van der Waals surface area contributed by atoms with Crippen molar-refractivity contribution in [1.82, 2.24) is 23.9 Å². The predicted molar refractivity (Wildman–Crippen MR) is 91.4 cm³/mol. The summed E-state index contributed by atoms with van der Waals surface area (Å²) in [7, 11) is 0. The minimum atomic E-state index is 0.134. The standard InChI is InChI=1S/C18H21N5O/c1-14-16(18(24)23-10-3-2-6-17(23)20-14)7-11-22-13-15(12-19-22)21-8-4-5-9-21/h4-5,8-9,12-13H,2-3,6-7,10-11H2,1H3. The van der Waals surface area contributed by atoms with Crippen LogP contribution in [0.4, 0.5) is 0 Å². The van der Waals surface area contributed by atoms with E-state index in [1.54, 1.807) is 0 Å². The van der Waals surface area contributed by atoms with E-state index in [1.165, 1.54) is 0 Å². The van der Waals surface area contributed by atoms with Crippen molar-refractivity contribution in [2.75, 3.05) is 0 Å². The van der Waals surface area contributed by atoms with E-state index in [9.17, 15) is 4.79 Å². The zero-order valence-electron chi connectivity index (χ0n) is 13.9. The molecule has 0 saturated heterocycles. The first-order valence-electron chi connectivity index (χ1n) is 8.47. The molecule has 1 aliphatic heterocycles. The van der Waals surface area contributed by atoms with E-state index in [0.717, 1.165) is 48.6 Å². The normalized spacial score (nSPS) is 13.9. The fraction of sp³-hybridized carbons (Fsp3) is 0.389. The van der Waals surface area contributed by atoms with Gasteiger partial charge in [0.2, 0.25) is 0 Å². The maximum Gasteiger partial charge on any atom is 0.257 e. The van der Waals surface area contributed by atoms with Crippen molar-refractivity contribution in [2.24, 2.45) is 0 Å². The van der Waals surface area contributed by atoms with E-state index >= 15 is 0 Å². The van der Waals surface area contributed by atoms with Gasteiger partial charge in [0.05, 0.1) is 11.9 Å². The Labute approximate surface area is 140 Å². The summed E-state index contributed by atoms with van der Waals surface area (Å²) >= 11 is 0. The van der Waals surface area contributed by atoms with Crippen LogP contribution < -0.4 is 5.56 Å². The summed E-state index contributed by atoms with van der Waals surface area (Å²) in [5.74, 6) is 0.946. The van der Waals surface area contributed by atoms with Crippen molar-refractivity contribution in [2.45, 2.75) is 45.7 Å². The van der Waals surface area contributed by atoms with Crippen LogP contribution in [0.5, 0.6) is 0 Å². The number of rotatable bonds is 4. The average molecular weight is 323 g/mol. The Bertz CT molecular complexity index is 904. The Morgan fingerprint density at radius 3 is 2.88 bits per heavy atom. The molecular weight excluding hydrogens is 302 g/mol. The summed E-state index contributed by atoms with van der Waals surface area (Å²) in [6.45, 7) is 3.42. The quantitative estimate of drug-likeness (QED) is 0.739. The minimum absolute atomic E-state index is 0.134. The molecule has 1 aliphatic rings. The molecule has 0 unspecified atom stereocenters. The van der Waals surface area contributed by atoms with Crippen molar-refractivity contribution < 1.29 is 0 Å². The summed E-state index contributed by atoms with van der Waals surface area (Å²) in [5, 5.41) is 4.40. The van der Waals surface area contributed by atoms with E-state index in [4.69, 9.17) is 0 Å². The van der Waals surface area contributed by atoms with Gasteiger partial charge in [0, 0.05) is 49.4 Å². The largest absolute Gasteiger partial charge is 0.321 e. The molecule has 4 heterocycles. The lowest BCUT2D eigenvalue weighted by Crippen LogP contribution is -2.32. The Hall–Kier alpha value is -2.63. The Morgan fingerprint density at radius 1 is 1.21 bits per heavy atom. The van der Waals surface area contributed by atoms with E-state index in [0.29, 0.717) is 13.0 Å². The summed E-state index contributed by atoms with van der Waals surface area (Å²) < 4.78 is 5.77. The molecule has 0 N–H and O–H groups in total. The van der Waals surface area contributed by atoms with Gasteiger partial charge in [-0.05, 0) is 38.3 Å². The van der Waals surface area contributed by atoms with Crippen molar-refractivity contribution in [1.29, 1.82) is 0 Å². The van der Waals surface area contributed by atoms with E-state index in [1.807, 2.05) is 57.7 Å². The van der Waals surface area contributed by atoms with Crippen LogP contribution in [0.1, 0.15) is 29.9 Å². The van der Waals surface area contributed by atoms with E-state index in [2.05, 4.69) is 10.1 Å². The second-order valence-electron chi connectivity index (χ2n) is 6.31. The number of hydrogen-bond donors (Lipinski definition) is 0. The fourth-order valence-electron chi connectivity index (χ4n) is 3.36. The average Bonchev–Trinajstić information content (AvgIpc) is 3.26. The molecule has 0 fully saturated rings. The highest BCUT2D eigenvalue weighted by Crippen LogP contribution is 2.13. The van der Waals surface area contributed by atoms with Crippen LogP contribution in [-0.4, -0.2) is 23.9 Å². The molecule has 3 aromatic heterocycles. The number of nitrogens with zero attached hydrogens (tertiary/aromatic N) is 5. The van der Waals surface area contributed by atoms with Crippen LogP contribution in [0.25, 0.3) is 5.69 Å².